The van der Waals surface area contributed by atoms with Gasteiger partial charge in [-0.3, -0.25) is 9.78 Å². The number of amides is 3. The Labute approximate surface area is 197 Å². The van der Waals surface area contributed by atoms with E-state index < -0.39 is 0 Å². The summed E-state index contributed by atoms with van der Waals surface area (Å²) in [4.78, 5) is 31.6. The number of halogens is 1. The summed E-state index contributed by atoms with van der Waals surface area (Å²) in [5, 5.41) is 6.55. The lowest BCUT2D eigenvalue weighted by Crippen LogP contribution is -2.52. The van der Waals surface area contributed by atoms with E-state index in [1.165, 1.54) is 0 Å². The zero-order valence-electron chi connectivity index (χ0n) is 18.2. The van der Waals surface area contributed by atoms with Gasteiger partial charge in [-0.05, 0) is 60.5 Å². The lowest BCUT2D eigenvalue weighted by Gasteiger charge is -2.39. The Bertz CT molecular complexity index is 1090. The van der Waals surface area contributed by atoms with Gasteiger partial charge in [0.2, 0.25) is 0 Å². The number of likely N-dealkylation sites (tertiary alicyclic amines) is 1. The third kappa shape index (κ3) is 5.62. The van der Waals surface area contributed by atoms with Crippen molar-refractivity contribution in [3.63, 3.8) is 0 Å². The summed E-state index contributed by atoms with van der Waals surface area (Å²) in [6.45, 7) is 1.01. The van der Waals surface area contributed by atoms with E-state index >= 15 is 0 Å². The number of rotatable bonds is 5. The molecule has 3 aromatic rings. The smallest absolute Gasteiger partial charge is 0.319 e. The van der Waals surface area contributed by atoms with Crippen LogP contribution in [0.4, 0.5) is 10.5 Å². The van der Waals surface area contributed by atoms with E-state index in [0.29, 0.717) is 35.8 Å². The number of ether oxygens (including phenoxy) is 1. The van der Waals surface area contributed by atoms with E-state index in [-0.39, 0.29) is 23.9 Å². The predicted molar refractivity (Wildman–Crippen MR) is 128 cm³/mol. The number of hydrogen-bond acceptors (Lipinski definition) is 4. The number of nitrogens with zero attached hydrogens (tertiary/aromatic N) is 2. The Morgan fingerprint density at radius 3 is 2.52 bits per heavy atom. The van der Waals surface area contributed by atoms with Crippen molar-refractivity contribution in [2.45, 2.75) is 18.4 Å². The van der Waals surface area contributed by atoms with Gasteiger partial charge < -0.3 is 20.3 Å². The minimum absolute atomic E-state index is 0.0642. The average Bonchev–Trinajstić information content (AvgIpc) is 2.86. The molecule has 3 amide bonds. The summed E-state index contributed by atoms with van der Waals surface area (Å²) >= 11 is 5.92. The van der Waals surface area contributed by atoms with Crippen LogP contribution in [0.1, 0.15) is 28.3 Å². The molecule has 2 N–H and O–H groups in total. The van der Waals surface area contributed by atoms with Gasteiger partial charge in [0.1, 0.15) is 5.75 Å². The second-order valence-corrected chi connectivity index (χ2v) is 8.31. The molecule has 1 aromatic heterocycles. The van der Waals surface area contributed by atoms with Crippen LogP contribution in [0.25, 0.3) is 0 Å². The summed E-state index contributed by atoms with van der Waals surface area (Å²) in [6, 6.07) is 17.8. The maximum Gasteiger partial charge on any atom is 0.319 e. The maximum absolute atomic E-state index is 13.0. The van der Waals surface area contributed by atoms with Crippen LogP contribution >= 0.6 is 11.6 Å². The summed E-state index contributed by atoms with van der Waals surface area (Å²) in [5.41, 5.74) is 2.23. The summed E-state index contributed by atoms with van der Waals surface area (Å²) in [5.74, 6) is 0.606. The topological polar surface area (TPSA) is 83.6 Å². The van der Waals surface area contributed by atoms with Crippen molar-refractivity contribution in [3.05, 3.63) is 89.2 Å². The molecule has 2 heterocycles. The van der Waals surface area contributed by atoms with Crippen molar-refractivity contribution in [1.29, 1.82) is 0 Å². The number of pyridine rings is 1. The molecule has 1 aliphatic heterocycles. The molecule has 0 spiro atoms. The fourth-order valence-electron chi connectivity index (χ4n) is 4.04. The molecular weight excluding hydrogens is 440 g/mol. The summed E-state index contributed by atoms with van der Waals surface area (Å²) in [6.07, 6.45) is 3.84. The van der Waals surface area contributed by atoms with E-state index in [2.05, 4.69) is 15.6 Å². The highest BCUT2D eigenvalue weighted by Crippen LogP contribution is 2.30. The van der Waals surface area contributed by atoms with Crippen molar-refractivity contribution in [3.8, 4) is 5.75 Å². The van der Waals surface area contributed by atoms with Gasteiger partial charge in [-0.1, -0.05) is 23.7 Å². The van der Waals surface area contributed by atoms with Crippen LogP contribution in [-0.4, -0.2) is 48.1 Å². The average molecular weight is 465 g/mol. The molecule has 4 rings (SSSR count). The van der Waals surface area contributed by atoms with Crippen LogP contribution in [0.2, 0.25) is 5.02 Å². The quantitative estimate of drug-likeness (QED) is 0.579. The lowest BCUT2D eigenvalue weighted by molar-refractivity contribution is 0.0685. The molecule has 33 heavy (non-hydrogen) atoms. The van der Waals surface area contributed by atoms with Crippen LogP contribution < -0.4 is 15.4 Å². The highest BCUT2D eigenvalue weighted by Gasteiger charge is 2.34. The van der Waals surface area contributed by atoms with Gasteiger partial charge in [0, 0.05) is 48.2 Å². The molecule has 0 radical (unpaired) electrons. The molecule has 2 atom stereocenters. The van der Waals surface area contributed by atoms with Gasteiger partial charge in [0.15, 0.2) is 0 Å². The molecule has 1 aliphatic rings. The van der Waals surface area contributed by atoms with E-state index in [0.717, 1.165) is 11.3 Å². The standard InChI is InChI=1S/C25H25ClN4O3/c1-33-21-10-4-17(5-11-21)22-16-30(24(31)18-3-2-13-27-15-18)14-12-23(22)29-25(32)28-20-8-6-19(26)7-9-20/h2-11,13,15,22-23H,12,14,16H2,1H3,(H2,28,29,32)/t22-,23+/m0/s1. The van der Waals surface area contributed by atoms with Crippen LogP contribution in [0, 0.1) is 0 Å². The number of benzene rings is 2. The van der Waals surface area contributed by atoms with E-state index in [1.807, 2.05) is 29.2 Å². The second kappa shape index (κ2) is 10.4. The lowest BCUT2D eigenvalue weighted by atomic mass is 9.85. The number of carbonyl (C=O) groups is 2. The number of hydrogen-bond donors (Lipinski definition) is 2. The minimum Gasteiger partial charge on any atom is -0.497 e. The molecular formula is C25H25ClN4O3. The SMILES string of the molecule is COc1ccc([C@@H]2CN(C(=O)c3cccnc3)CC[C@H]2NC(=O)Nc2ccc(Cl)cc2)cc1. The minimum atomic E-state index is -0.298. The van der Waals surface area contributed by atoms with Gasteiger partial charge in [-0.2, -0.15) is 0 Å². The van der Waals surface area contributed by atoms with Gasteiger partial charge >= 0.3 is 6.03 Å². The van der Waals surface area contributed by atoms with Crippen LogP contribution in [-0.2, 0) is 0 Å². The third-order valence-electron chi connectivity index (χ3n) is 5.77. The third-order valence-corrected chi connectivity index (χ3v) is 6.02. The fraction of sp³-hybridized carbons (Fsp3) is 0.240. The monoisotopic (exact) mass is 464 g/mol. The number of carbonyl (C=O) groups excluding carboxylic acids is 2. The molecule has 0 aliphatic carbocycles. The Hall–Kier alpha value is -3.58. The summed E-state index contributed by atoms with van der Waals surface area (Å²) < 4.78 is 5.28. The molecule has 0 unspecified atom stereocenters. The van der Waals surface area contributed by atoms with Gasteiger partial charge in [0.05, 0.1) is 12.7 Å². The Morgan fingerprint density at radius 1 is 1.09 bits per heavy atom. The summed E-state index contributed by atoms with van der Waals surface area (Å²) in [7, 11) is 1.62. The van der Waals surface area contributed by atoms with Crippen molar-refractivity contribution >= 4 is 29.2 Å². The van der Waals surface area contributed by atoms with Crippen molar-refractivity contribution in [1.82, 2.24) is 15.2 Å². The molecule has 170 valence electrons. The van der Waals surface area contributed by atoms with Crippen molar-refractivity contribution < 1.29 is 14.3 Å². The highest BCUT2D eigenvalue weighted by atomic mass is 35.5. The number of nitrogens with one attached hydrogen (secondary N) is 2. The highest BCUT2D eigenvalue weighted by molar-refractivity contribution is 6.30. The maximum atomic E-state index is 13.0. The Morgan fingerprint density at radius 2 is 1.85 bits per heavy atom. The first kappa shape index (κ1) is 22.6. The molecule has 2 aromatic carbocycles. The Kier molecular flexibility index (Phi) is 7.10. The number of piperidine rings is 1. The van der Waals surface area contributed by atoms with Crippen LogP contribution in [0.3, 0.4) is 0 Å². The second-order valence-electron chi connectivity index (χ2n) is 7.87. The number of aromatic nitrogens is 1. The Balaban J connectivity index is 1.51. The molecule has 0 bridgehead atoms. The first-order valence-electron chi connectivity index (χ1n) is 10.7. The predicted octanol–water partition coefficient (Wildman–Crippen LogP) is 4.56. The number of anilines is 1. The normalized spacial score (nSPS) is 17.8. The van der Waals surface area contributed by atoms with Gasteiger partial charge in [0.25, 0.3) is 5.91 Å². The molecule has 7 nitrogen and oxygen atoms in total. The van der Waals surface area contributed by atoms with Gasteiger partial charge in [-0.15, -0.1) is 0 Å². The van der Waals surface area contributed by atoms with E-state index in [1.54, 1.807) is 55.9 Å². The number of urea groups is 1. The van der Waals surface area contributed by atoms with Crippen LogP contribution in [0.5, 0.6) is 5.75 Å². The molecule has 0 saturated carbocycles. The largest absolute Gasteiger partial charge is 0.497 e. The van der Waals surface area contributed by atoms with Crippen LogP contribution in [0.15, 0.2) is 73.1 Å². The molecule has 1 fully saturated rings. The first-order valence-corrected chi connectivity index (χ1v) is 11.1. The molecule has 1 saturated heterocycles. The molecule has 8 heteroatoms. The fourth-order valence-corrected chi connectivity index (χ4v) is 4.16. The van der Waals surface area contributed by atoms with E-state index in [9.17, 15) is 9.59 Å². The first-order chi connectivity index (χ1) is 16.0. The van der Waals surface area contributed by atoms with Crippen molar-refractivity contribution in [2.24, 2.45) is 0 Å². The van der Waals surface area contributed by atoms with Crippen molar-refractivity contribution in [2.75, 3.05) is 25.5 Å². The zero-order valence-corrected chi connectivity index (χ0v) is 19.0. The van der Waals surface area contributed by atoms with E-state index in [4.69, 9.17) is 16.3 Å². The van der Waals surface area contributed by atoms with Gasteiger partial charge in [-0.25, -0.2) is 4.79 Å². The zero-order chi connectivity index (χ0) is 23.2. The number of methoxy groups -OCH3 is 1.